The fourth-order valence-corrected chi connectivity index (χ4v) is 1.14. The lowest BCUT2D eigenvalue weighted by Crippen LogP contribution is -2.06. The standard InChI is InChI=1S/C6H5F2O2P/c7-4-1-2-5(8)6(3-4)11(9)10/h1-3,9-10H. The van der Waals surface area contributed by atoms with E-state index in [2.05, 4.69) is 0 Å². The van der Waals surface area contributed by atoms with E-state index in [4.69, 9.17) is 9.79 Å². The maximum atomic E-state index is 12.5. The van der Waals surface area contributed by atoms with E-state index in [1.54, 1.807) is 0 Å². The molecule has 0 aliphatic rings. The minimum absolute atomic E-state index is 0.389. The second-order valence-corrected chi connectivity index (χ2v) is 2.95. The smallest absolute Gasteiger partial charge is 0.202 e. The molecule has 1 rings (SSSR count). The van der Waals surface area contributed by atoms with Gasteiger partial charge in [0.1, 0.15) is 11.6 Å². The highest BCUT2D eigenvalue weighted by Crippen LogP contribution is 2.23. The van der Waals surface area contributed by atoms with Crippen molar-refractivity contribution in [3.05, 3.63) is 29.8 Å². The van der Waals surface area contributed by atoms with Gasteiger partial charge >= 0.3 is 0 Å². The van der Waals surface area contributed by atoms with Crippen LogP contribution in [0.15, 0.2) is 18.2 Å². The molecule has 0 heterocycles. The molecule has 5 heteroatoms. The van der Waals surface area contributed by atoms with Gasteiger partial charge in [-0.05, 0) is 18.2 Å². The zero-order valence-electron chi connectivity index (χ0n) is 5.33. The van der Waals surface area contributed by atoms with E-state index in [0.29, 0.717) is 0 Å². The Kier molecular flexibility index (Phi) is 2.49. The van der Waals surface area contributed by atoms with Crippen LogP contribution in [0.25, 0.3) is 0 Å². The van der Waals surface area contributed by atoms with Crippen molar-refractivity contribution in [3.63, 3.8) is 0 Å². The van der Waals surface area contributed by atoms with Gasteiger partial charge in [-0.25, -0.2) is 8.78 Å². The van der Waals surface area contributed by atoms with Crippen molar-refractivity contribution in [1.29, 1.82) is 0 Å². The molecule has 1 aromatic rings. The van der Waals surface area contributed by atoms with E-state index in [-0.39, 0.29) is 5.30 Å². The van der Waals surface area contributed by atoms with Gasteiger partial charge in [-0.2, -0.15) is 0 Å². The van der Waals surface area contributed by atoms with Gasteiger partial charge in [0.25, 0.3) is 0 Å². The molecular weight excluding hydrogens is 173 g/mol. The van der Waals surface area contributed by atoms with E-state index >= 15 is 0 Å². The molecule has 0 amide bonds. The molecule has 2 nitrogen and oxygen atoms in total. The van der Waals surface area contributed by atoms with Crippen LogP contribution in [-0.4, -0.2) is 9.79 Å². The highest BCUT2D eigenvalue weighted by Gasteiger charge is 2.10. The maximum absolute atomic E-state index is 12.5. The summed E-state index contributed by atoms with van der Waals surface area (Å²) in [6.45, 7) is 0. The second-order valence-electron chi connectivity index (χ2n) is 1.89. The SMILES string of the molecule is OP(O)c1cc(F)ccc1F. The van der Waals surface area contributed by atoms with Gasteiger partial charge in [0.15, 0.2) is 0 Å². The van der Waals surface area contributed by atoms with Crippen LogP contribution in [0.1, 0.15) is 0 Å². The molecule has 0 aromatic heterocycles. The molecule has 0 fully saturated rings. The molecule has 0 bridgehead atoms. The lowest BCUT2D eigenvalue weighted by Gasteiger charge is -2.02. The van der Waals surface area contributed by atoms with Crippen molar-refractivity contribution in [2.45, 2.75) is 0 Å². The van der Waals surface area contributed by atoms with E-state index < -0.39 is 20.0 Å². The summed E-state index contributed by atoms with van der Waals surface area (Å²) >= 11 is 0. The fourth-order valence-electron chi connectivity index (χ4n) is 0.639. The van der Waals surface area contributed by atoms with Crippen molar-refractivity contribution in [3.8, 4) is 0 Å². The first-order valence-corrected chi connectivity index (χ1v) is 3.99. The Labute approximate surface area is 63.0 Å². The van der Waals surface area contributed by atoms with Gasteiger partial charge in [0.05, 0.1) is 5.30 Å². The first-order valence-electron chi connectivity index (χ1n) is 2.74. The van der Waals surface area contributed by atoms with Crippen LogP contribution < -0.4 is 5.30 Å². The molecule has 0 aliphatic heterocycles. The van der Waals surface area contributed by atoms with Gasteiger partial charge < -0.3 is 9.79 Å². The molecule has 0 spiro atoms. The van der Waals surface area contributed by atoms with Crippen LogP contribution in [0.4, 0.5) is 8.78 Å². The van der Waals surface area contributed by atoms with Crippen LogP contribution in [-0.2, 0) is 0 Å². The van der Waals surface area contributed by atoms with Crippen LogP contribution in [0.5, 0.6) is 0 Å². The third-order valence-electron chi connectivity index (χ3n) is 1.12. The Bertz CT molecular complexity index is 265. The van der Waals surface area contributed by atoms with Gasteiger partial charge in [0, 0.05) is 0 Å². The Morgan fingerprint density at radius 1 is 1.18 bits per heavy atom. The molecule has 0 atom stereocenters. The summed E-state index contributed by atoms with van der Waals surface area (Å²) in [5.74, 6) is -1.49. The number of benzene rings is 1. The van der Waals surface area contributed by atoms with Crippen molar-refractivity contribution >= 4 is 13.7 Å². The molecule has 0 saturated carbocycles. The minimum Gasteiger partial charge on any atom is -0.347 e. The number of hydrogen-bond donors (Lipinski definition) is 2. The summed E-state index contributed by atoms with van der Waals surface area (Å²) in [4.78, 5) is 17.1. The van der Waals surface area contributed by atoms with E-state index in [1.165, 1.54) is 0 Å². The average molecular weight is 178 g/mol. The predicted molar refractivity (Wildman–Crippen MR) is 37.3 cm³/mol. The fraction of sp³-hybridized carbons (Fsp3) is 0. The Hall–Kier alpha value is -0.570. The molecule has 2 N–H and O–H groups in total. The number of rotatable bonds is 1. The van der Waals surface area contributed by atoms with Gasteiger partial charge in [-0.1, -0.05) is 0 Å². The number of halogens is 2. The summed E-state index contributed by atoms with van der Waals surface area (Å²) in [7, 11) is -2.55. The summed E-state index contributed by atoms with van der Waals surface area (Å²) < 4.78 is 24.9. The van der Waals surface area contributed by atoms with E-state index in [1.807, 2.05) is 0 Å². The molecule has 0 saturated heterocycles. The third kappa shape index (κ3) is 1.93. The largest absolute Gasteiger partial charge is 0.347 e. The molecular formula is C6H5F2O2P. The van der Waals surface area contributed by atoms with Crippen LogP contribution in [0.3, 0.4) is 0 Å². The Morgan fingerprint density at radius 3 is 2.27 bits per heavy atom. The zero-order chi connectivity index (χ0) is 8.43. The highest BCUT2D eigenvalue weighted by molar-refractivity contribution is 7.54. The van der Waals surface area contributed by atoms with Crippen molar-refractivity contribution < 1.29 is 18.6 Å². The summed E-state index contributed by atoms with van der Waals surface area (Å²) in [6.07, 6.45) is 0. The van der Waals surface area contributed by atoms with Gasteiger partial charge in [-0.15, -0.1) is 0 Å². The molecule has 60 valence electrons. The topological polar surface area (TPSA) is 40.5 Å². The molecule has 0 aliphatic carbocycles. The Balaban J connectivity index is 3.13. The first kappa shape index (κ1) is 8.53. The predicted octanol–water partition coefficient (Wildman–Crippen LogP) is 0.887. The molecule has 0 radical (unpaired) electrons. The minimum atomic E-state index is -2.55. The average Bonchev–Trinajstić information content (AvgIpc) is 1.94. The summed E-state index contributed by atoms with van der Waals surface area (Å²) in [5.41, 5.74) is 0. The van der Waals surface area contributed by atoms with Crippen molar-refractivity contribution in [2.75, 3.05) is 0 Å². The maximum Gasteiger partial charge on any atom is 0.202 e. The van der Waals surface area contributed by atoms with Crippen LogP contribution >= 0.6 is 8.38 Å². The lowest BCUT2D eigenvalue weighted by atomic mass is 10.3. The lowest BCUT2D eigenvalue weighted by molar-refractivity contribution is 0.493. The van der Waals surface area contributed by atoms with Crippen LogP contribution in [0.2, 0.25) is 0 Å². The first-order chi connectivity index (χ1) is 5.11. The quantitative estimate of drug-likeness (QED) is 0.627. The second kappa shape index (κ2) is 3.22. The molecule has 1 aromatic carbocycles. The van der Waals surface area contributed by atoms with E-state index in [0.717, 1.165) is 18.2 Å². The van der Waals surface area contributed by atoms with Gasteiger partial charge in [0.2, 0.25) is 8.38 Å². The van der Waals surface area contributed by atoms with E-state index in [9.17, 15) is 8.78 Å². The molecule has 11 heavy (non-hydrogen) atoms. The normalized spacial score (nSPS) is 10.6. The molecule has 0 unspecified atom stereocenters. The van der Waals surface area contributed by atoms with Crippen molar-refractivity contribution in [1.82, 2.24) is 0 Å². The third-order valence-corrected chi connectivity index (χ3v) is 1.90. The Morgan fingerprint density at radius 2 is 1.82 bits per heavy atom. The summed E-state index contributed by atoms with van der Waals surface area (Å²) in [5, 5.41) is -0.389. The zero-order valence-corrected chi connectivity index (χ0v) is 6.22. The summed E-state index contributed by atoms with van der Waals surface area (Å²) in [6, 6.07) is 2.53. The highest BCUT2D eigenvalue weighted by atomic mass is 31.2. The van der Waals surface area contributed by atoms with Crippen LogP contribution in [0, 0.1) is 11.6 Å². The van der Waals surface area contributed by atoms with Gasteiger partial charge in [-0.3, -0.25) is 0 Å². The number of hydrogen-bond acceptors (Lipinski definition) is 2. The monoisotopic (exact) mass is 178 g/mol. The van der Waals surface area contributed by atoms with Crippen molar-refractivity contribution in [2.24, 2.45) is 0 Å².